The van der Waals surface area contributed by atoms with Crippen LogP contribution in [0.3, 0.4) is 0 Å². The van der Waals surface area contributed by atoms with Gasteiger partial charge in [-0.2, -0.15) is 0 Å². The summed E-state index contributed by atoms with van der Waals surface area (Å²) >= 11 is 0. The predicted octanol–water partition coefficient (Wildman–Crippen LogP) is 2.77. The van der Waals surface area contributed by atoms with Crippen LogP contribution in [0.5, 0.6) is 0 Å². The molecule has 1 aromatic rings. The number of nitrogen functional groups attached to an aromatic ring is 1. The highest BCUT2D eigenvalue weighted by molar-refractivity contribution is 5.55. The Hall–Kier alpha value is -1.32. The number of nitrogens with zero attached hydrogens (tertiary/aromatic N) is 3. The van der Waals surface area contributed by atoms with E-state index >= 15 is 0 Å². The Morgan fingerprint density at radius 2 is 1.83 bits per heavy atom. The molecule has 0 aromatic carbocycles. The van der Waals surface area contributed by atoms with Gasteiger partial charge in [-0.25, -0.2) is 9.97 Å². The minimum absolute atomic E-state index is 0.545. The first kappa shape index (κ1) is 13.1. The van der Waals surface area contributed by atoms with E-state index in [4.69, 9.17) is 5.73 Å². The molecule has 0 spiro atoms. The molecule has 2 rings (SSSR count). The van der Waals surface area contributed by atoms with Gasteiger partial charge in [-0.3, -0.25) is 0 Å². The van der Waals surface area contributed by atoms with Crippen molar-refractivity contribution in [1.82, 2.24) is 9.97 Å². The highest BCUT2D eigenvalue weighted by Gasteiger charge is 2.32. The third-order valence-electron chi connectivity index (χ3n) is 4.72. The zero-order chi connectivity index (χ0) is 13.2. The molecular formula is C14H24N4. The molecule has 0 unspecified atom stereocenters. The van der Waals surface area contributed by atoms with Crippen molar-refractivity contribution in [2.24, 2.45) is 5.41 Å². The third-order valence-corrected chi connectivity index (χ3v) is 4.72. The third kappa shape index (κ3) is 2.28. The maximum absolute atomic E-state index is 5.86. The molecule has 0 radical (unpaired) electrons. The van der Waals surface area contributed by atoms with E-state index in [-0.39, 0.29) is 0 Å². The second kappa shape index (κ2) is 5.12. The SMILES string of the molecule is CCC1(CC)CCN(c2ncnc(N)c2C)CC1. The molecule has 0 saturated carbocycles. The molecule has 1 fully saturated rings. The van der Waals surface area contributed by atoms with E-state index in [1.165, 1.54) is 25.7 Å². The van der Waals surface area contributed by atoms with Crippen LogP contribution in [0, 0.1) is 12.3 Å². The Labute approximate surface area is 110 Å². The molecule has 18 heavy (non-hydrogen) atoms. The minimum Gasteiger partial charge on any atom is -0.383 e. The van der Waals surface area contributed by atoms with Gasteiger partial charge in [0.15, 0.2) is 0 Å². The van der Waals surface area contributed by atoms with Gasteiger partial charge in [-0.1, -0.05) is 26.7 Å². The van der Waals surface area contributed by atoms with Crippen LogP contribution in [0.1, 0.15) is 45.1 Å². The highest BCUT2D eigenvalue weighted by atomic mass is 15.2. The first-order chi connectivity index (χ1) is 8.62. The van der Waals surface area contributed by atoms with Gasteiger partial charge in [0.25, 0.3) is 0 Å². The van der Waals surface area contributed by atoms with E-state index in [9.17, 15) is 0 Å². The Morgan fingerprint density at radius 1 is 1.22 bits per heavy atom. The lowest BCUT2D eigenvalue weighted by atomic mass is 9.74. The van der Waals surface area contributed by atoms with Crippen LogP contribution >= 0.6 is 0 Å². The molecule has 2 heterocycles. The van der Waals surface area contributed by atoms with Gasteiger partial charge in [-0.15, -0.1) is 0 Å². The zero-order valence-corrected chi connectivity index (χ0v) is 11.7. The Bertz CT molecular complexity index is 402. The Morgan fingerprint density at radius 3 is 2.39 bits per heavy atom. The maximum Gasteiger partial charge on any atom is 0.137 e. The summed E-state index contributed by atoms with van der Waals surface area (Å²) in [6, 6.07) is 0. The van der Waals surface area contributed by atoms with Gasteiger partial charge in [0.2, 0.25) is 0 Å². The topological polar surface area (TPSA) is 55.0 Å². The number of hydrogen-bond acceptors (Lipinski definition) is 4. The molecule has 4 heteroatoms. The monoisotopic (exact) mass is 248 g/mol. The molecule has 0 aliphatic carbocycles. The van der Waals surface area contributed by atoms with Crippen LogP contribution < -0.4 is 10.6 Å². The Balaban J connectivity index is 2.12. The van der Waals surface area contributed by atoms with E-state index in [1.807, 2.05) is 6.92 Å². The summed E-state index contributed by atoms with van der Waals surface area (Å²) in [7, 11) is 0. The quantitative estimate of drug-likeness (QED) is 0.893. The van der Waals surface area contributed by atoms with Crippen LogP contribution in [-0.2, 0) is 0 Å². The van der Waals surface area contributed by atoms with Crippen molar-refractivity contribution >= 4 is 11.6 Å². The molecule has 4 nitrogen and oxygen atoms in total. The van der Waals surface area contributed by atoms with Gasteiger partial charge in [-0.05, 0) is 25.2 Å². The van der Waals surface area contributed by atoms with Gasteiger partial charge in [0, 0.05) is 18.7 Å². The van der Waals surface area contributed by atoms with E-state index in [1.54, 1.807) is 6.33 Å². The maximum atomic E-state index is 5.86. The van der Waals surface area contributed by atoms with Crippen LogP contribution in [0.4, 0.5) is 11.6 Å². The number of piperidine rings is 1. The highest BCUT2D eigenvalue weighted by Crippen LogP contribution is 2.39. The predicted molar refractivity (Wildman–Crippen MR) is 75.6 cm³/mol. The number of nitrogens with two attached hydrogens (primary N) is 1. The summed E-state index contributed by atoms with van der Waals surface area (Å²) in [6.45, 7) is 8.80. The van der Waals surface area contributed by atoms with E-state index in [2.05, 4.69) is 28.7 Å². The van der Waals surface area contributed by atoms with Crippen molar-refractivity contribution in [2.45, 2.75) is 46.5 Å². The average molecular weight is 248 g/mol. The lowest BCUT2D eigenvalue weighted by Gasteiger charge is -2.41. The van der Waals surface area contributed by atoms with Crippen molar-refractivity contribution in [2.75, 3.05) is 23.7 Å². The van der Waals surface area contributed by atoms with E-state index in [0.29, 0.717) is 11.2 Å². The summed E-state index contributed by atoms with van der Waals surface area (Å²) in [5.74, 6) is 1.62. The van der Waals surface area contributed by atoms with Crippen molar-refractivity contribution in [3.05, 3.63) is 11.9 Å². The van der Waals surface area contributed by atoms with Crippen LogP contribution in [0.25, 0.3) is 0 Å². The van der Waals surface area contributed by atoms with Gasteiger partial charge in [0.05, 0.1) is 0 Å². The Kier molecular flexibility index (Phi) is 3.73. The van der Waals surface area contributed by atoms with E-state index in [0.717, 1.165) is 24.5 Å². The molecule has 0 amide bonds. The summed E-state index contributed by atoms with van der Waals surface area (Å²) in [6.07, 6.45) is 6.64. The summed E-state index contributed by atoms with van der Waals surface area (Å²) in [5, 5.41) is 0. The van der Waals surface area contributed by atoms with Crippen molar-refractivity contribution in [1.29, 1.82) is 0 Å². The second-order valence-corrected chi connectivity index (χ2v) is 5.40. The number of anilines is 2. The van der Waals surface area contributed by atoms with Crippen LogP contribution in [-0.4, -0.2) is 23.1 Å². The van der Waals surface area contributed by atoms with Gasteiger partial charge < -0.3 is 10.6 Å². The van der Waals surface area contributed by atoms with Crippen molar-refractivity contribution in [3.8, 4) is 0 Å². The fraction of sp³-hybridized carbons (Fsp3) is 0.714. The standard InChI is InChI=1S/C14H24N4/c1-4-14(5-2)6-8-18(9-7-14)13-11(3)12(15)16-10-17-13/h10H,4-9H2,1-3H3,(H2,15,16,17). The lowest BCUT2D eigenvalue weighted by molar-refractivity contribution is 0.199. The molecule has 1 aromatic heterocycles. The number of aromatic nitrogens is 2. The molecule has 1 aliphatic heterocycles. The van der Waals surface area contributed by atoms with Gasteiger partial charge >= 0.3 is 0 Å². The number of rotatable bonds is 3. The van der Waals surface area contributed by atoms with Gasteiger partial charge in [0.1, 0.15) is 18.0 Å². The van der Waals surface area contributed by atoms with Crippen molar-refractivity contribution in [3.63, 3.8) is 0 Å². The normalized spacial score (nSPS) is 18.9. The van der Waals surface area contributed by atoms with Crippen molar-refractivity contribution < 1.29 is 0 Å². The van der Waals surface area contributed by atoms with Crippen LogP contribution in [0.15, 0.2) is 6.33 Å². The molecular weight excluding hydrogens is 224 g/mol. The fourth-order valence-electron chi connectivity index (χ4n) is 2.92. The molecule has 0 atom stereocenters. The number of hydrogen-bond donors (Lipinski definition) is 1. The average Bonchev–Trinajstić information content (AvgIpc) is 2.42. The minimum atomic E-state index is 0.545. The first-order valence-corrected chi connectivity index (χ1v) is 6.94. The van der Waals surface area contributed by atoms with E-state index < -0.39 is 0 Å². The summed E-state index contributed by atoms with van der Waals surface area (Å²) in [4.78, 5) is 10.8. The molecule has 2 N–H and O–H groups in total. The van der Waals surface area contributed by atoms with Crippen LogP contribution in [0.2, 0.25) is 0 Å². The molecule has 0 bridgehead atoms. The summed E-state index contributed by atoms with van der Waals surface area (Å²) in [5.41, 5.74) is 7.41. The summed E-state index contributed by atoms with van der Waals surface area (Å²) < 4.78 is 0. The lowest BCUT2D eigenvalue weighted by Crippen LogP contribution is -2.40. The molecule has 1 saturated heterocycles. The smallest absolute Gasteiger partial charge is 0.137 e. The first-order valence-electron chi connectivity index (χ1n) is 6.94. The second-order valence-electron chi connectivity index (χ2n) is 5.40. The largest absolute Gasteiger partial charge is 0.383 e. The fourth-order valence-corrected chi connectivity index (χ4v) is 2.92. The molecule has 1 aliphatic rings. The molecule has 100 valence electrons. The zero-order valence-electron chi connectivity index (χ0n) is 11.7.